The average Bonchev–Trinajstić information content (AvgIpc) is 3.51. The quantitative estimate of drug-likeness (QED) is 0.281. The van der Waals surface area contributed by atoms with Gasteiger partial charge < -0.3 is 20.3 Å². The first-order valence-electron chi connectivity index (χ1n) is 13.9. The Kier molecular flexibility index (Phi) is 8.19. The first kappa shape index (κ1) is 29.8. The maximum Gasteiger partial charge on any atom is 0.267 e. The SMILES string of the molecule is C=C(OC(C)(C)C)N1CC(F)(F)CC1C(=O)NCc1cnc(-c2ccc(NCC3(c4ccccc4F)CCC3)nn2)s1. The van der Waals surface area contributed by atoms with Gasteiger partial charge in [0, 0.05) is 29.5 Å². The monoisotopic (exact) mass is 600 g/mol. The molecule has 1 aliphatic heterocycles. The summed E-state index contributed by atoms with van der Waals surface area (Å²) in [4.78, 5) is 19.3. The molecular formula is C30H35F3N6O2S. The number of carbonyl (C=O) groups is 1. The fourth-order valence-corrected chi connectivity index (χ4v) is 6.18. The standard InChI is InChI=1S/C30H35F3N6O2S/c1-19(41-28(2,3)4)39-18-30(32,33)14-24(39)26(40)34-15-20-16-35-27(42-20)23-10-11-25(38-37-23)36-17-29(12-7-13-29)21-8-5-6-9-22(21)31/h5-6,8-11,16,24H,1,7,12-15,17-18H2,2-4H3,(H,34,40)(H,36,38). The van der Waals surface area contributed by atoms with E-state index in [4.69, 9.17) is 4.74 Å². The van der Waals surface area contributed by atoms with Crippen molar-refractivity contribution in [3.05, 3.63) is 71.3 Å². The molecule has 0 bridgehead atoms. The Morgan fingerprint density at radius 3 is 2.60 bits per heavy atom. The predicted octanol–water partition coefficient (Wildman–Crippen LogP) is 5.89. The summed E-state index contributed by atoms with van der Waals surface area (Å²) in [5.74, 6) is -3.11. The Morgan fingerprint density at radius 2 is 1.95 bits per heavy atom. The number of anilines is 1. The normalized spacial score (nSPS) is 19.2. The second-order valence-electron chi connectivity index (χ2n) is 11.9. The number of thiazole rings is 1. The van der Waals surface area contributed by atoms with E-state index >= 15 is 0 Å². The fraction of sp³-hybridized carbons (Fsp3) is 0.467. The van der Waals surface area contributed by atoms with Gasteiger partial charge in [0.15, 0.2) is 5.88 Å². The summed E-state index contributed by atoms with van der Waals surface area (Å²) < 4.78 is 48.6. The summed E-state index contributed by atoms with van der Waals surface area (Å²) >= 11 is 1.33. The molecule has 2 fully saturated rings. The van der Waals surface area contributed by atoms with Crippen LogP contribution >= 0.6 is 11.3 Å². The Hall–Kier alpha value is -3.67. The molecule has 0 spiro atoms. The third-order valence-electron chi connectivity index (χ3n) is 7.55. The first-order chi connectivity index (χ1) is 19.8. The van der Waals surface area contributed by atoms with Crippen molar-refractivity contribution in [3.63, 3.8) is 0 Å². The van der Waals surface area contributed by atoms with E-state index < -0.39 is 36.4 Å². The van der Waals surface area contributed by atoms with Crippen LogP contribution in [0.2, 0.25) is 0 Å². The van der Waals surface area contributed by atoms with Crippen molar-refractivity contribution in [1.82, 2.24) is 25.4 Å². The highest BCUT2D eigenvalue weighted by Crippen LogP contribution is 2.44. The van der Waals surface area contributed by atoms with Gasteiger partial charge >= 0.3 is 0 Å². The molecule has 1 aromatic carbocycles. The van der Waals surface area contributed by atoms with E-state index in [1.165, 1.54) is 22.3 Å². The number of carbonyl (C=O) groups excluding carboxylic acids is 1. The summed E-state index contributed by atoms with van der Waals surface area (Å²) in [6.45, 7) is 9.20. The molecule has 1 saturated carbocycles. The average molecular weight is 601 g/mol. The molecule has 1 aliphatic carbocycles. The molecule has 0 radical (unpaired) electrons. The summed E-state index contributed by atoms with van der Waals surface area (Å²) in [6, 6.07) is 9.43. The lowest BCUT2D eigenvalue weighted by molar-refractivity contribution is -0.126. The van der Waals surface area contributed by atoms with Crippen molar-refractivity contribution in [2.75, 3.05) is 18.4 Å². The number of ether oxygens (including phenoxy) is 1. The summed E-state index contributed by atoms with van der Waals surface area (Å²) in [7, 11) is 0. The molecule has 1 amide bonds. The van der Waals surface area contributed by atoms with Crippen LogP contribution in [-0.2, 0) is 21.5 Å². The van der Waals surface area contributed by atoms with Crippen LogP contribution in [0, 0.1) is 5.82 Å². The minimum absolute atomic E-state index is 0.0477. The second-order valence-corrected chi connectivity index (χ2v) is 13.0. The van der Waals surface area contributed by atoms with Crippen molar-refractivity contribution >= 4 is 23.1 Å². The zero-order chi connectivity index (χ0) is 30.1. The lowest BCUT2D eigenvalue weighted by Gasteiger charge is -2.42. The molecule has 2 aliphatic rings. The molecule has 3 aromatic rings. The van der Waals surface area contributed by atoms with Gasteiger partial charge in [0.1, 0.15) is 34.0 Å². The van der Waals surface area contributed by atoms with Gasteiger partial charge in [-0.1, -0.05) is 24.6 Å². The van der Waals surface area contributed by atoms with Crippen molar-refractivity contribution in [3.8, 4) is 10.7 Å². The molecule has 3 heterocycles. The van der Waals surface area contributed by atoms with E-state index in [2.05, 4.69) is 32.4 Å². The molecule has 8 nitrogen and oxygen atoms in total. The van der Waals surface area contributed by atoms with Crippen molar-refractivity contribution < 1.29 is 22.7 Å². The minimum Gasteiger partial charge on any atom is -0.474 e. The van der Waals surface area contributed by atoms with Crippen molar-refractivity contribution in [1.29, 1.82) is 0 Å². The van der Waals surface area contributed by atoms with Gasteiger partial charge in [0.05, 0.1) is 13.1 Å². The van der Waals surface area contributed by atoms with Crippen LogP contribution in [0.4, 0.5) is 19.0 Å². The maximum absolute atomic E-state index is 14.5. The lowest BCUT2D eigenvalue weighted by Crippen LogP contribution is -2.43. The number of nitrogens with one attached hydrogen (secondary N) is 2. The molecular weight excluding hydrogens is 565 g/mol. The fourth-order valence-electron chi connectivity index (χ4n) is 5.36. The van der Waals surface area contributed by atoms with Crippen LogP contribution < -0.4 is 10.6 Å². The Labute approximate surface area is 247 Å². The number of hydrogen-bond donors (Lipinski definition) is 2. The van der Waals surface area contributed by atoms with E-state index in [9.17, 15) is 18.0 Å². The van der Waals surface area contributed by atoms with Crippen molar-refractivity contribution in [2.45, 2.75) is 76.0 Å². The van der Waals surface area contributed by atoms with Gasteiger partial charge in [-0.05, 0) is 64.0 Å². The van der Waals surface area contributed by atoms with E-state index in [-0.39, 0.29) is 23.7 Å². The maximum atomic E-state index is 14.5. The molecule has 1 atom stereocenters. The van der Waals surface area contributed by atoms with Crippen LogP contribution in [0.3, 0.4) is 0 Å². The number of amides is 1. The number of aromatic nitrogens is 3. The van der Waals surface area contributed by atoms with Gasteiger partial charge in [0.25, 0.3) is 5.92 Å². The number of alkyl halides is 2. The highest BCUT2D eigenvalue weighted by atomic mass is 32.1. The van der Waals surface area contributed by atoms with Gasteiger partial charge in [0.2, 0.25) is 5.91 Å². The van der Waals surface area contributed by atoms with E-state index in [1.54, 1.807) is 45.2 Å². The topological polar surface area (TPSA) is 92.3 Å². The van der Waals surface area contributed by atoms with Crippen LogP contribution in [-0.4, -0.2) is 56.6 Å². The molecule has 224 valence electrons. The smallest absolute Gasteiger partial charge is 0.267 e. The third-order valence-corrected chi connectivity index (χ3v) is 8.57. The van der Waals surface area contributed by atoms with Crippen LogP contribution in [0.15, 0.2) is 55.1 Å². The zero-order valence-electron chi connectivity index (χ0n) is 23.9. The van der Waals surface area contributed by atoms with Gasteiger partial charge in [-0.25, -0.2) is 18.2 Å². The third kappa shape index (κ3) is 6.69. The van der Waals surface area contributed by atoms with Gasteiger partial charge in [-0.2, -0.15) is 0 Å². The molecule has 1 saturated heterocycles. The summed E-state index contributed by atoms with van der Waals surface area (Å²) in [5, 5.41) is 15.2. The highest BCUT2D eigenvalue weighted by molar-refractivity contribution is 7.15. The van der Waals surface area contributed by atoms with E-state index in [0.717, 1.165) is 29.7 Å². The summed E-state index contributed by atoms with van der Waals surface area (Å²) in [6.07, 6.45) is 3.87. The van der Waals surface area contributed by atoms with E-state index in [0.29, 0.717) is 23.1 Å². The minimum atomic E-state index is -3.03. The van der Waals surface area contributed by atoms with Crippen LogP contribution in [0.5, 0.6) is 0 Å². The number of nitrogens with zero attached hydrogens (tertiary/aromatic N) is 4. The van der Waals surface area contributed by atoms with Crippen molar-refractivity contribution in [2.24, 2.45) is 0 Å². The Morgan fingerprint density at radius 1 is 1.19 bits per heavy atom. The lowest BCUT2D eigenvalue weighted by atomic mass is 9.64. The largest absolute Gasteiger partial charge is 0.474 e. The molecule has 1 unspecified atom stereocenters. The Balaban J connectivity index is 1.17. The first-order valence-corrected chi connectivity index (χ1v) is 14.7. The van der Waals surface area contributed by atoms with Crippen LogP contribution in [0.1, 0.15) is 56.9 Å². The molecule has 5 rings (SSSR count). The van der Waals surface area contributed by atoms with Crippen LogP contribution in [0.25, 0.3) is 10.7 Å². The number of rotatable bonds is 10. The molecule has 2 aromatic heterocycles. The molecule has 12 heteroatoms. The highest BCUT2D eigenvalue weighted by Gasteiger charge is 2.49. The zero-order valence-corrected chi connectivity index (χ0v) is 24.7. The van der Waals surface area contributed by atoms with Gasteiger partial charge in [-0.3, -0.25) is 4.79 Å². The van der Waals surface area contributed by atoms with Gasteiger partial charge in [-0.15, -0.1) is 21.5 Å². The number of benzene rings is 1. The number of halogens is 3. The molecule has 2 N–H and O–H groups in total. The Bertz CT molecular complexity index is 1440. The number of hydrogen-bond acceptors (Lipinski definition) is 8. The summed E-state index contributed by atoms with van der Waals surface area (Å²) in [5.41, 5.74) is 0.409. The van der Waals surface area contributed by atoms with E-state index in [1.807, 2.05) is 12.1 Å². The predicted molar refractivity (Wildman–Crippen MR) is 155 cm³/mol. The number of likely N-dealkylation sites (tertiary alicyclic amines) is 1. The molecule has 42 heavy (non-hydrogen) atoms. The second kappa shape index (κ2) is 11.5.